The van der Waals surface area contributed by atoms with Crippen molar-refractivity contribution in [3.63, 3.8) is 0 Å². The lowest BCUT2D eigenvalue weighted by molar-refractivity contribution is -0.153. The number of hydrogen-bond acceptors (Lipinski definition) is 4. The second-order valence-electron chi connectivity index (χ2n) is 4.81. The predicted octanol–water partition coefficient (Wildman–Crippen LogP) is 1.90. The molecule has 0 saturated carbocycles. The van der Waals surface area contributed by atoms with E-state index >= 15 is 0 Å². The number of aromatic nitrogens is 1. The Morgan fingerprint density at radius 2 is 2.22 bits per heavy atom. The first-order valence-electron chi connectivity index (χ1n) is 5.73. The molecule has 0 radical (unpaired) electrons. The lowest BCUT2D eigenvalue weighted by Gasteiger charge is -2.28. The summed E-state index contributed by atoms with van der Waals surface area (Å²) >= 11 is 1.46. The maximum absolute atomic E-state index is 11.8. The zero-order chi connectivity index (χ0) is 13.8. The summed E-state index contributed by atoms with van der Waals surface area (Å²) in [5.74, 6) is -1.32. The highest BCUT2D eigenvalue weighted by molar-refractivity contribution is 7.07. The van der Waals surface area contributed by atoms with Crippen LogP contribution in [0, 0.1) is 11.3 Å². The van der Waals surface area contributed by atoms with Gasteiger partial charge in [-0.05, 0) is 12.8 Å². The van der Waals surface area contributed by atoms with Crippen LogP contribution in [-0.4, -0.2) is 22.0 Å². The van der Waals surface area contributed by atoms with Gasteiger partial charge in [0.25, 0.3) is 0 Å². The average molecular weight is 270 g/mol. The quantitative estimate of drug-likeness (QED) is 0.827. The molecule has 1 unspecified atom stereocenters. The van der Waals surface area contributed by atoms with Crippen molar-refractivity contribution in [2.75, 3.05) is 0 Å². The molecular weight excluding hydrogens is 252 g/mol. The minimum Gasteiger partial charge on any atom is -0.481 e. The van der Waals surface area contributed by atoms with E-state index in [-0.39, 0.29) is 18.2 Å². The standard InChI is InChI=1S/C12H18N2O3S/c1-8(2)12(3,11(16)17)4-10(15)13-5-9-6-18-7-14-9/h6-8H,4-5H2,1-3H3,(H,13,15)(H,16,17). The minimum atomic E-state index is -1.04. The van der Waals surface area contributed by atoms with E-state index in [2.05, 4.69) is 10.3 Å². The first-order valence-corrected chi connectivity index (χ1v) is 6.67. The van der Waals surface area contributed by atoms with Crippen LogP contribution in [0.15, 0.2) is 10.9 Å². The molecule has 18 heavy (non-hydrogen) atoms. The molecule has 0 aromatic carbocycles. The molecule has 0 spiro atoms. The maximum Gasteiger partial charge on any atom is 0.310 e. The highest BCUT2D eigenvalue weighted by Crippen LogP contribution is 2.31. The van der Waals surface area contributed by atoms with Crippen molar-refractivity contribution in [2.45, 2.75) is 33.7 Å². The third kappa shape index (κ3) is 3.53. The summed E-state index contributed by atoms with van der Waals surface area (Å²) in [6.45, 7) is 5.56. The average Bonchev–Trinajstić information content (AvgIpc) is 2.78. The van der Waals surface area contributed by atoms with Gasteiger partial charge in [-0.15, -0.1) is 11.3 Å². The molecule has 1 atom stereocenters. The van der Waals surface area contributed by atoms with Crippen LogP contribution in [0.2, 0.25) is 0 Å². The Morgan fingerprint density at radius 3 is 2.67 bits per heavy atom. The first kappa shape index (κ1) is 14.6. The molecule has 0 bridgehead atoms. The van der Waals surface area contributed by atoms with Gasteiger partial charge >= 0.3 is 5.97 Å². The van der Waals surface area contributed by atoms with Crippen molar-refractivity contribution < 1.29 is 14.7 Å². The first-order chi connectivity index (χ1) is 8.36. The summed E-state index contributed by atoms with van der Waals surface area (Å²) in [6.07, 6.45) is -0.0237. The summed E-state index contributed by atoms with van der Waals surface area (Å²) in [7, 11) is 0. The number of nitrogens with one attached hydrogen (secondary N) is 1. The Hall–Kier alpha value is -1.43. The summed E-state index contributed by atoms with van der Waals surface area (Å²) in [5, 5.41) is 13.8. The second kappa shape index (κ2) is 5.95. The topological polar surface area (TPSA) is 79.3 Å². The van der Waals surface area contributed by atoms with Crippen LogP contribution >= 0.6 is 11.3 Å². The lowest BCUT2D eigenvalue weighted by atomic mass is 9.76. The fourth-order valence-corrected chi connectivity index (χ4v) is 2.00. The van der Waals surface area contributed by atoms with E-state index in [9.17, 15) is 14.7 Å². The Kier molecular flexibility index (Phi) is 4.84. The van der Waals surface area contributed by atoms with Gasteiger partial charge in [-0.25, -0.2) is 4.98 Å². The Bertz CT molecular complexity index is 417. The second-order valence-corrected chi connectivity index (χ2v) is 5.53. The van der Waals surface area contributed by atoms with Gasteiger partial charge in [-0.1, -0.05) is 13.8 Å². The van der Waals surface area contributed by atoms with Gasteiger partial charge in [0.2, 0.25) is 5.91 Å². The number of nitrogens with zero attached hydrogens (tertiary/aromatic N) is 1. The molecule has 0 aliphatic rings. The van der Waals surface area contributed by atoms with Crippen LogP contribution in [0.3, 0.4) is 0 Å². The van der Waals surface area contributed by atoms with Gasteiger partial charge in [0.15, 0.2) is 0 Å². The summed E-state index contributed by atoms with van der Waals surface area (Å²) in [4.78, 5) is 27.0. The van der Waals surface area contributed by atoms with E-state index < -0.39 is 11.4 Å². The number of rotatable bonds is 6. The number of carbonyl (C=O) groups excluding carboxylic acids is 1. The van der Waals surface area contributed by atoms with Gasteiger partial charge in [0.1, 0.15) is 0 Å². The van der Waals surface area contributed by atoms with Crippen LogP contribution in [0.25, 0.3) is 0 Å². The SMILES string of the molecule is CC(C)C(C)(CC(=O)NCc1cscn1)C(=O)O. The largest absolute Gasteiger partial charge is 0.481 e. The summed E-state index contributed by atoms with van der Waals surface area (Å²) in [5.41, 5.74) is 1.44. The Labute approximate surface area is 110 Å². The van der Waals surface area contributed by atoms with Crippen molar-refractivity contribution in [1.82, 2.24) is 10.3 Å². The molecule has 1 rings (SSSR count). The molecule has 6 heteroatoms. The number of carbonyl (C=O) groups is 2. The molecule has 100 valence electrons. The summed E-state index contributed by atoms with van der Waals surface area (Å²) in [6, 6.07) is 0. The number of thiazole rings is 1. The molecule has 0 aliphatic heterocycles. The van der Waals surface area contributed by atoms with Crippen LogP contribution in [0.5, 0.6) is 0 Å². The molecule has 2 N–H and O–H groups in total. The van der Waals surface area contributed by atoms with Gasteiger partial charge in [0, 0.05) is 11.8 Å². The number of amides is 1. The molecule has 0 aliphatic carbocycles. The predicted molar refractivity (Wildman–Crippen MR) is 69.2 cm³/mol. The molecule has 0 fully saturated rings. The molecule has 0 saturated heterocycles. The van der Waals surface area contributed by atoms with Gasteiger partial charge in [-0.3, -0.25) is 9.59 Å². The van der Waals surface area contributed by atoms with E-state index in [0.29, 0.717) is 6.54 Å². The molecule has 5 nitrogen and oxygen atoms in total. The number of aliphatic carboxylic acids is 1. The number of carboxylic acids is 1. The highest BCUT2D eigenvalue weighted by atomic mass is 32.1. The van der Waals surface area contributed by atoms with Crippen molar-refractivity contribution >= 4 is 23.2 Å². The summed E-state index contributed by atoms with van der Waals surface area (Å²) < 4.78 is 0. The van der Waals surface area contributed by atoms with Crippen molar-refractivity contribution in [2.24, 2.45) is 11.3 Å². The van der Waals surface area contributed by atoms with Crippen LogP contribution in [0.1, 0.15) is 32.9 Å². The molecule has 1 heterocycles. The maximum atomic E-state index is 11.8. The van der Waals surface area contributed by atoms with Gasteiger partial charge in [-0.2, -0.15) is 0 Å². The highest BCUT2D eigenvalue weighted by Gasteiger charge is 2.38. The van der Waals surface area contributed by atoms with Gasteiger partial charge in [0.05, 0.1) is 23.2 Å². The Morgan fingerprint density at radius 1 is 1.56 bits per heavy atom. The smallest absolute Gasteiger partial charge is 0.310 e. The lowest BCUT2D eigenvalue weighted by Crippen LogP contribution is -2.39. The molecule has 1 amide bonds. The van der Waals surface area contributed by atoms with E-state index in [0.717, 1.165) is 5.69 Å². The third-order valence-electron chi connectivity index (χ3n) is 3.24. The third-order valence-corrected chi connectivity index (χ3v) is 3.88. The number of hydrogen-bond donors (Lipinski definition) is 2. The van der Waals surface area contributed by atoms with Crippen LogP contribution in [0.4, 0.5) is 0 Å². The Balaban J connectivity index is 2.55. The normalized spacial score (nSPS) is 14.2. The van der Waals surface area contributed by atoms with E-state index in [1.54, 1.807) is 12.4 Å². The number of carboxylic acid groups (broad SMARTS) is 1. The zero-order valence-electron chi connectivity index (χ0n) is 10.8. The van der Waals surface area contributed by atoms with Crippen LogP contribution < -0.4 is 5.32 Å². The minimum absolute atomic E-state index is 0.0237. The van der Waals surface area contributed by atoms with Crippen molar-refractivity contribution in [1.29, 1.82) is 0 Å². The fraction of sp³-hybridized carbons (Fsp3) is 0.583. The zero-order valence-corrected chi connectivity index (χ0v) is 11.6. The van der Waals surface area contributed by atoms with Crippen molar-refractivity contribution in [3.05, 3.63) is 16.6 Å². The van der Waals surface area contributed by atoms with E-state index in [1.165, 1.54) is 11.3 Å². The van der Waals surface area contributed by atoms with Crippen molar-refractivity contribution in [3.8, 4) is 0 Å². The van der Waals surface area contributed by atoms with Gasteiger partial charge < -0.3 is 10.4 Å². The molecule has 1 aromatic heterocycles. The molecular formula is C12H18N2O3S. The van der Waals surface area contributed by atoms with E-state index in [4.69, 9.17) is 0 Å². The van der Waals surface area contributed by atoms with Crippen LogP contribution in [-0.2, 0) is 16.1 Å². The monoisotopic (exact) mass is 270 g/mol. The fourth-order valence-electron chi connectivity index (χ4n) is 1.44. The van der Waals surface area contributed by atoms with E-state index in [1.807, 2.05) is 19.2 Å². The molecule has 1 aromatic rings.